The van der Waals surface area contributed by atoms with Gasteiger partial charge in [0.1, 0.15) is 0 Å². The lowest BCUT2D eigenvalue weighted by Gasteiger charge is -2.05. The summed E-state index contributed by atoms with van der Waals surface area (Å²) in [6.45, 7) is 2.18. The first kappa shape index (κ1) is 11.0. The molecule has 0 N–H and O–H groups in total. The average molecular weight is 233 g/mol. The lowest BCUT2D eigenvalue weighted by Crippen LogP contribution is -1.84. The number of benzene rings is 2. The second-order valence-electron chi connectivity index (χ2n) is 4.46. The van der Waals surface area contributed by atoms with Crippen molar-refractivity contribution in [1.29, 1.82) is 0 Å². The molecule has 0 radical (unpaired) electrons. The Morgan fingerprint density at radius 3 is 2.50 bits per heavy atom. The Hall–Kier alpha value is -2.15. The van der Waals surface area contributed by atoms with Crippen molar-refractivity contribution in [3.8, 4) is 11.3 Å². The summed E-state index contributed by atoms with van der Waals surface area (Å²) in [5.74, 6) is 0. The molecule has 0 aliphatic heterocycles. The van der Waals surface area contributed by atoms with Crippen LogP contribution in [0.25, 0.3) is 22.0 Å². The number of nitrogens with zero attached hydrogens (tertiary/aromatic N) is 1. The molecule has 0 fully saturated rings. The predicted molar refractivity (Wildman–Crippen MR) is 76.6 cm³/mol. The zero-order chi connectivity index (χ0) is 12.4. The SMILES string of the molecule is CCc1ccc2cc(-c3ccccn3)ccc2c1. The quantitative estimate of drug-likeness (QED) is 0.636. The van der Waals surface area contributed by atoms with Gasteiger partial charge in [0.2, 0.25) is 0 Å². The van der Waals surface area contributed by atoms with Gasteiger partial charge in [-0.15, -0.1) is 0 Å². The number of rotatable bonds is 2. The molecule has 1 heterocycles. The molecule has 18 heavy (non-hydrogen) atoms. The normalized spacial score (nSPS) is 10.7. The molecule has 2 aromatic carbocycles. The summed E-state index contributed by atoms with van der Waals surface area (Å²) in [4.78, 5) is 4.39. The second-order valence-corrected chi connectivity index (χ2v) is 4.46. The van der Waals surface area contributed by atoms with E-state index in [-0.39, 0.29) is 0 Å². The molecule has 1 heteroatoms. The molecule has 0 aliphatic carbocycles. The molecule has 0 saturated carbocycles. The molecule has 0 bridgehead atoms. The Labute approximate surface area is 107 Å². The number of aromatic nitrogens is 1. The van der Waals surface area contributed by atoms with Gasteiger partial charge in [0, 0.05) is 11.8 Å². The highest BCUT2D eigenvalue weighted by Crippen LogP contribution is 2.23. The Bertz CT molecular complexity index is 672. The first-order chi connectivity index (χ1) is 8.86. The second kappa shape index (κ2) is 4.61. The van der Waals surface area contributed by atoms with Crippen molar-refractivity contribution >= 4 is 10.8 Å². The molecule has 0 amide bonds. The van der Waals surface area contributed by atoms with Crippen molar-refractivity contribution in [3.63, 3.8) is 0 Å². The van der Waals surface area contributed by atoms with Crippen LogP contribution in [0.15, 0.2) is 60.8 Å². The molecule has 0 unspecified atom stereocenters. The fraction of sp³-hybridized carbons (Fsp3) is 0.118. The fourth-order valence-corrected chi connectivity index (χ4v) is 2.21. The minimum Gasteiger partial charge on any atom is -0.256 e. The molecule has 88 valence electrons. The summed E-state index contributed by atoms with van der Waals surface area (Å²) in [6, 6.07) is 19.2. The van der Waals surface area contributed by atoms with Gasteiger partial charge in [-0.1, -0.05) is 43.3 Å². The molecule has 0 spiro atoms. The van der Waals surface area contributed by atoms with Crippen molar-refractivity contribution in [2.75, 3.05) is 0 Å². The van der Waals surface area contributed by atoms with Crippen LogP contribution < -0.4 is 0 Å². The van der Waals surface area contributed by atoms with Gasteiger partial charge in [-0.05, 0) is 41.0 Å². The minimum atomic E-state index is 1.03. The van der Waals surface area contributed by atoms with Crippen LogP contribution in [0.4, 0.5) is 0 Å². The van der Waals surface area contributed by atoms with Crippen LogP contribution in [0.5, 0.6) is 0 Å². The van der Waals surface area contributed by atoms with Crippen LogP contribution >= 0.6 is 0 Å². The Balaban J connectivity index is 2.12. The van der Waals surface area contributed by atoms with Crippen molar-refractivity contribution in [2.24, 2.45) is 0 Å². The van der Waals surface area contributed by atoms with E-state index in [0.29, 0.717) is 0 Å². The lowest BCUT2D eigenvalue weighted by molar-refractivity contribution is 1.15. The van der Waals surface area contributed by atoms with E-state index in [1.54, 1.807) is 0 Å². The third kappa shape index (κ3) is 2.00. The number of fused-ring (bicyclic) bond motifs is 1. The summed E-state index contributed by atoms with van der Waals surface area (Å²) >= 11 is 0. The van der Waals surface area contributed by atoms with Gasteiger partial charge in [0.15, 0.2) is 0 Å². The summed E-state index contributed by atoms with van der Waals surface area (Å²) in [7, 11) is 0. The summed E-state index contributed by atoms with van der Waals surface area (Å²) < 4.78 is 0. The van der Waals surface area contributed by atoms with Gasteiger partial charge >= 0.3 is 0 Å². The zero-order valence-corrected chi connectivity index (χ0v) is 10.4. The Morgan fingerprint density at radius 1 is 0.889 bits per heavy atom. The first-order valence-electron chi connectivity index (χ1n) is 6.31. The van der Waals surface area contributed by atoms with Crippen molar-refractivity contribution in [3.05, 3.63) is 66.4 Å². The van der Waals surface area contributed by atoms with Crippen molar-refractivity contribution in [2.45, 2.75) is 13.3 Å². The number of aryl methyl sites for hydroxylation is 1. The fourth-order valence-electron chi connectivity index (χ4n) is 2.21. The third-order valence-electron chi connectivity index (χ3n) is 3.27. The van der Waals surface area contributed by atoms with Crippen LogP contribution in [-0.2, 0) is 6.42 Å². The van der Waals surface area contributed by atoms with E-state index in [9.17, 15) is 0 Å². The van der Waals surface area contributed by atoms with Crippen LogP contribution in [-0.4, -0.2) is 4.98 Å². The Morgan fingerprint density at radius 2 is 1.72 bits per heavy atom. The maximum Gasteiger partial charge on any atom is 0.0702 e. The van der Waals surface area contributed by atoms with Crippen molar-refractivity contribution < 1.29 is 0 Å². The van der Waals surface area contributed by atoms with Gasteiger partial charge in [-0.2, -0.15) is 0 Å². The first-order valence-corrected chi connectivity index (χ1v) is 6.31. The van der Waals surface area contributed by atoms with E-state index in [2.05, 4.69) is 48.3 Å². The molecule has 0 saturated heterocycles. The largest absolute Gasteiger partial charge is 0.256 e. The number of pyridine rings is 1. The van der Waals surface area contributed by atoms with E-state index in [4.69, 9.17) is 0 Å². The van der Waals surface area contributed by atoms with E-state index >= 15 is 0 Å². The summed E-state index contributed by atoms with van der Waals surface area (Å²) in [5.41, 5.74) is 3.58. The maximum absolute atomic E-state index is 4.39. The molecule has 0 aliphatic rings. The molecule has 3 rings (SSSR count). The van der Waals surface area contributed by atoms with E-state index < -0.39 is 0 Å². The molecular weight excluding hydrogens is 218 g/mol. The van der Waals surface area contributed by atoms with E-state index in [0.717, 1.165) is 12.1 Å². The Kier molecular flexibility index (Phi) is 2.81. The molecule has 1 aromatic heterocycles. The smallest absolute Gasteiger partial charge is 0.0702 e. The third-order valence-corrected chi connectivity index (χ3v) is 3.27. The number of hydrogen-bond acceptors (Lipinski definition) is 1. The summed E-state index contributed by atoms with van der Waals surface area (Å²) in [6.07, 6.45) is 2.91. The van der Waals surface area contributed by atoms with E-state index in [1.165, 1.54) is 21.9 Å². The van der Waals surface area contributed by atoms with Gasteiger partial charge in [0.25, 0.3) is 0 Å². The van der Waals surface area contributed by atoms with Gasteiger partial charge < -0.3 is 0 Å². The van der Waals surface area contributed by atoms with E-state index in [1.807, 2.05) is 24.4 Å². The number of hydrogen-bond donors (Lipinski definition) is 0. The maximum atomic E-state index is 4.39. The summed E-state index contributed by atoms with van der Waals surface area (Å²) in [5, 5.41) is 2.57. The van der Waals surface area contributed by atoms with Gasteiger partial charge in [0.05, 0.1) is 5.69 Å². The van der Waals surface area contributed by atoms with Gasteiger partial charge in [-0.25, -0.2) is 0 Å². The molecule has 3 aromatic rings. The molecular formula is C17H15N. The van der Waals surface area contributed by atoms with Crippen LogP contribution in [0.3, 0.4) is 0 Å². The molecule has 0 atom stereocenters. The van der Waals surface area contributed by atoms with Crippen LogP contribution in [0.2, 0.25) is 0 Å². The predicted octanol–water partition coefficient (Wildman–Crippen LogP) is 4.46. The van der Waals surface area contributed by atoms with Crippen molar-refractivity contribution in [1.82, 2.24) is 4.98 Å². The monoisotopic (exact) mass is 233 g/mol. The highest BCUT2D eigenvalue weighted by molar-refractivity contribution is 5.87. The standard InChI is InChI=1S/C17H15N/c1-2-13-6-7-15-12-16(9-8-14(15)11-13)17-5-3-4-10-18-17/h3-12H,2H2,1H3. The average Bonchev–Trinajstić information content (AvgIpc) is 2.47. The topological polar surface area (TPSA) is 12.9 Å². The molecule has 1 nitrogen and oxygen atoms in total. The van der Waals surface area contributed by atoms with Crippen LogP contribution in [0, 0.1) is 0 Å². The highest BCUT2D eigenvalue weighted by atomic mass is 14.7. The van der Waals surface area contributed by atoms with Gasteiger partial charge in [-0.3, -0.25) is 4.98 Å². The zero-order valence-electron chi connectivity index (χ0n) is 10.4. The highest BCUT2D eigenvalue weighted by Gasteiger charge is 2.00. The van der Waals surface area contributed by atoms with Crippen LogP contribution in [0.1, 0.15) is 12.5 Å². The lowest BCUT2D eigenvalue weighted by atomic mass is 10.0. The minimum absolute atomic E-state index is 1.03.